The number of nitrogens with zero attached hydrogens (tertiary/aromatic N) is 6. The molecule has 136 valence electrons. The summed E-state index contributed by atoms with van der Waals surface area (Å²) < 4.78 is 3.52. The smallest absolute Gasteiger partial charge is 0.214 e. The van der Waals surface area contributed by atoms with Crippen LogP contribution in [0.15, 0.2) is 59.8 Å². The largest absolute Gasteiger partial charge is 0.222 e. The molecule has 0 radical (unpaired) electrons. The third-order valence-corrected chi connectivity index (χ3v) is 5.59. The lowest BCUT2D eigenvalue weighted by atomic mass is 10.2. The Morgan fingerprint density at radius 2 is 1.70 bits per heavy atom. The quantitative estimate of drug-likeness (QED) is 0.467. The van der Waals surface area contributed by atoms with Gasteiger partial charge < -0.3 is 0 Å². The predicted molar refractivity (Wildman–Crippen MR) is 107 cm³/mol. The first-order valence-corrected chi connectivity index (χ1v) is 9.78. The third-order valence-electron chi connectivity index (χ3n) is 4.25. The molecule has 0 aliphatic rings. The first kappa shape index (κ1) is 17.8. The SMILES string of the molecule is Cc1ccccc1-n1nnnc1SCc1c(C)nn(-c2ccccc2)c1Cl. The molecule has 0 saturated heterocycles. The van der Waals surface area contributed by atoms with Crippen LogP contribution >= 0.6 is 23.4 Å². The zero-order valence-electron chi connectivity index (χ0n) is 14.9. The minimum Gasteiger partial charge on any atom is -0.222 e. The first-order chi connectivity index (χ1) is 13.1. The third kappa shape index (κ3) is 3.48. The molecule has 0 unspecified atom stereocenters. The van der Waals surface area contributed by atoms with Crippen LogP contribution in [0, 0.1) is 13.8 Å². The fourth-order valence-electron chi connectivity index (χ4n) is 2.79. The summed E-state index contributed by atoms with van der Waals surface area (Å²) in [5.41, 5.74) is 4.88. The molecule has 0 spiro atoms. The van der Waals surface area contributed by atoms with Crippen LogP contribution < -0.4 is 0 Å². The number of para-hydroxylation sites is 2. The number of aryl methyl sites for hydroxylation is 2. The Kier molecular flexibility index (Phi) is 4.96. The number of thioether (sulfide) groups is 1. The standard InChI is InChI=1S/C19H17ClN6S/c1-13-8-6-7-11-17(13)26-19(21-23-24-26)27-12-16-14(2)22-25(18(16)20)15-9-4-3-5-10-15/h3-11H,12H2,1-2H3. The molecule has 8 heteroatoms. The van der Waals surface area contributed by atoms with E-state index in [0.717, 1.165) is 28.2 Å². The maximum Gasteiger partial charge on any atom is 0.214 e. The maximum atomic E-state index is 6.62. The summed E-state index contributed by atoms with van der Waals surface area (Å²) in [5.74, 6) is 0.629. The Morgan fingerprint density at radius 3 is 2.48 bits per heavy atom. The van der Waals surface area contributed by atoms with Crippen molar-refractivity contribution in [1.82, 2.24) is 30.0 Å². The van der Waals surface area contributed by atoms with Gasteiger partial charge in [0.1, 0.15) is 5.15 Å². The van der Waals surface area contributed by atoms with Crippen LogP contribution in [0.1, 0.15) is 16.8 Å². The molecule has 0 aliphatic carbocycles. The second kappa shape index (κ2) is 7.54. The first-order valence-electron chi connectivity index (χ1n) is 8.42. The summed E-state index contributed by atoms with van der Waals surface area (Å²) in [7, 11) is 0. The van der Waals surface area contributed by atoms with Gasteiger partial charge in [0, 0.05) is 11.3 Å². The molecule has 2 aromatic heterocycles. The van der Waals surface area contributed by atoms with Crippen LogP contribution in [0.25, 0.3) is 11.4 Å². The number of hydrogen-bond donors (Lipinski definition) is 0. The summed E-state index contributed by atoms with van der Waals surface area (Å²) in [6, 6.07) is 17.9. The Hall–Kier alpha value is -2.64. The van der Waals surface area contributed by atoms with E-state index in [4.69, 9.17) is 11.6 Å². The molecule has 0 fully saturated rings. The lowest BCUT2D eigenvalue weighted by Gasteiger charge is -2.07. The highest BCUT2D eigenvalue weighted by atomic mass is 35.5. The van der Waals surface area contributed by atoms with E-state index in [1.165, 1.54) is 11.8 Å². The average molecular weight is 397 g/mol. The van der Waals surface area contributed by atoms with Gasteiger partial charge in [-0.05, 0) is 48.0 Å². The van der Waals surface area contributed by atoms with Crippen molar-refractivity contribution in [3.8, 4) is 11.4 Å². The number of halogens is 1. The van der Waals surface area contributed by atoms with Crippen molar-refractivity contribution in [2.75, 3.05) is 0 Å². The number of benzene rings is 2. The maximum absolute atomic E-state index is 6.62. The van der Waals surface area contributed by atoms with Crippen molar-refractivity contribution < 1.29 is 0 Å². The highest BCUT2D eigenvalue weighted by Gasteiger charge is 2.17. The van der Waals surface area contributed by atoms with Gasteiger partial charge in [-0.1, -0.05) is 59.8 Å². The molecule has 0 atom stereocenters. The van der Waals surface area contributed by atoms with Crippen molar-refractivity contribution in [1.29, 1.82) is 0 Å². The van der Waals surface area contributed by atoms with E-state index in [2.05, 4.69) is 20.6 Å². The van der Waals surface area contributed by atoms with Crippen molar-refractivity contribution in [3.63, 3.8) is 0 Å². The fourth-order valence-corrected chi connectivity index (χ4v) is 4.18. The van der Waals surface area contributed by atoms with Crippen LogP contribution in [-0.2, 0) is 5.75 Å². The molecular formula is C19H17ClN6S. The Morgan fingerprint density at radius 1 is 0.963 bits per heavy atom. The zero-order chi connectivity index (χ0) is 18.8. The lowest BCUT2D eigenvalue weighted by Crippen LogP contribution is -2.01. The number of rotatable bonds is 5. The van der Waals surface area contributed by atoms with Gasteiger partial charge in [0.05, 0.1) is 17.1 Å². The molecule has 0 N–H and O–H groups in total. The van der Waals surface area contributed by atoms with Crippen molar-refractivity contribution in [2.45, 2.75) is 24.8 Å². The van der Waals surface area contributed by atoms with Crippen molar-refractivity contribution in [3.05, 3.63) is 76.6 Å². The van der Waals surface area contributed by atoms with Gasteiger partial charge in [0.25, 0.3) is 0 Å². The van der Waals surface area contributed by atoms with Crippen LogP contribution in [0.5, 0.6) is 0 Å². The van der Waals surface area contributed by atoms with Gasteiger partial charge in [-0.15, -0.1) is 5.10 Å². The van der Waals surface area contributed by atoms with E-state index in [-0.39, 0.29) is 0 Å². The predicted octanol–water partition coefficient (Wildman–Crippen LogP) is 4.41. The molecule has 0 saturated carbocycles. The van der Waals surface area contributed by atoms with Crippen LogP contribution in [0.4, 0.5) is 0 Å². The molecule has 0 amide bonds. The Labute approximate surface area is 166 Å². The molecule has 4 rings (SSSR count). The highest BCUT2D eigenvalue weighted by Crippen LogP contribution is 2.30. The average Bonchev–Trinajstić information content (AvgIpc) is 3.26. The van der Waals surface area contributed by atoms with Crippen LogP contribution in [0.2, 0.25) is 5.15 Å². The van der Waals surface area contributed by atoms with Gasteiger partial charge in [-0.25, -0.2) is 4.68 Å². The molecule has 2 aromatic carbocycles. The van der Waals surface area contributed by atoms with Gasteiger partial charge in [-0.2, -0.15) is 9.78 Å². The summed E-state index contributed by atoms with van der Waals surface area (Å²) in [6.45, 7) is 4.00. The Balaban J connectivity index is 1.60. The molecule has 27 heavy (non-hydrogen) atoms. The van der Waals surface area contributed by atoms with Crippen LogP contribution in [0.3, 0.4) is 0 Å². The van der Waals surface area contributed by atoms with Crippen molar-refractivity contribution >= 4 is 23.4 Å². The monoisotopic (exact) mass is 396 g/mol. The van der Waals surface area contributed by atoms with E-state index < -0.39 is 0 Å². The molecule has 0 aliphatic heterocycles. The second-order valence-electron chi connectivity index (χ2n) is 6.05. The van der Waals surface area contributed by atoms with E-state index in [1.807, 2.05) is 68.4 Å². The highest BCUT2D eigenvalue weighted by molar-refractivity contribution is 7.98. The van der Waals surface area contributed by atoms with E-state index in [9.17, 15) is 0 Å². The number of aromatic nitrogens is 6. The summed E-state index contributed by atoms with van der Waals surface area (Å²) in [6.07, 6.45) is 0. The molecule has 2 heterocycles. The van der Waals surface area contributed by atoms with E-state index >= 15 is 0 Å². The normalized spacial score (nSPS) is 11.1. The lowest BCUT2D eigenvalue weighted by molar-refractivity contribution is 0.752. The second-order valence-corrected chi connectivity index (χ2v) is 7.35. The Bertz CT molecular complexity index is 1070. The number of hydrogen-bond acceptors (Lipinski definition) is 5. The topological polar surface area (TPSA) is 61.4 Å². The molecule has 4 aromatic rings. The van der Waals surface area contributed by atoms with Crippen LogP contribution in [-0.4, -0.2) is 30.0 Å². The molecule has 6 nitrogen and oxygen atoms in total. The summed E-state index contributed by atoms with van der Waals surface area (Å²) >= 11 is 8.15. The minimum atomic E-state index is 0.612. The fraction of sp³-hybridized carbons (Fsp3) is 0.158. The van der Waals surface area contributed by atoms with Crippen molar-refractivity contribution in [2.24, 2.45) is 0 Å². The van der Waals surface area contributed by atoms with Gasteiger partial charge in [-0.3, -0.25) is 0 Å². The summed E-state index contributed by atoms with van der Waals surface area (Å²) in [5, 5.41) is 18.1. The van der Waals surface area contributed by atoms with E-state index in [1.54, 1.807) is 9.36 Å². The van der Waals surface area contributed by atoms with E-state index in [0.29, 0.717) is 16.1 Å². The number of tetrazole rings is 1. The molecule has 0 bridgehead atoms. The van der Waals surface area contributed by atoms with Gasteiger partial charge in [0.2, 0.25) is 5.16 Å². The molecular weight excluding hydrogens is 380 g/mol. The zero-order valence-corrected chi connectivity index (χ0v) is 16.4. The summed E-state index contributed by atoms with van der Waals surface area (Å²) in [4.78, 5) is 0. The van der Waals surface area contributed by atoms with Gasteiger partial charge in [0.15, 0.2) is 0 Å². The van der Waals surface area contributed by atoms with Gasteiger partial charge >= 0.3 is 0 Å². The minimum absolute atomic E-state index is 0.612.